The van der Waals surface area contributed by atoms with Crippen molar-refractivity contribution in [2.45, 2.75) is 20.0 Å². The number of fused-ring (bicyclic) bond motifs is 1. The molecule has 0 aliphatic heterocycles. The summed E-state index contributed by atoms with van der Waals surface area (Å²) in [6.07, 6.45) is 5.97. The number of rotatable bonds is 6. The molecule has 5 nitrogen and oxygen atoms in total. The Morgan fingerprint density at radius 3 is 2.75 bits per heavy atom. The SMILES string of the molecule is CCNC(=NCc1nccc2ccccc12)NCCn1cccc1. The van der Waals surface area contributed by atoms with Gasteiger partial charge in [-0.15, -0.1) is 0 Å². The van der Waals surface area contributed by atoms with Crippen molar-refractivity contribution in [1.29, 1.82) is 0 Å². The number of nitrogens with one attached hydrogen (secondary N) is 2. The van der Waals surface area contributed by atoms with E-state index in [1.54, 1.807) is 0 Å². The molecule has 0 amide bonds. The minimum Gasteiger partial charge on any atom is -0.357 e. The normalized spacial score (nSPS) is 11.6. The molecule has 2 aromatic heterocycles. The molecule has 24 heavy (non-hydrogen) atoms. The molecule has 3 rings (SSSR count). The smallest absolute Gasteiger partial charge is 0.191 e. The maximum absolute atomic E-state index is 4.68. The van der Waals surface area contributed by atoms with Crippen molar-refractivity contribution < 1.29 is 0 Å². The van der Waals surface area contributed by atoms with Crippen LogP contribution in [0.3, 0.4) is 0 Å². The maximum Gasteiger partial charge on any atom is 0.191 e. The predicted octanol–water partition coefficient (Wildman–Crippen LogP) is 2.79. The van der Waals surface area contributed by atoms with Crippen molar-refractivity contribution in [1.82, 2.24) is 20.2 Å². The number of nitrogens with zero attached hydrogens (tertiary/aromatic N) is 3. The summed E-state index contributed by atoms with van der Waals surface area (Å²) in [7, 11) is 0. The number of guanidine groups is 1. The first kappa shape index (κ1) is 16.1. The number of pyridine rings is 1. The van der Waals surface area contributed by atoms with Crippen LogP contribution in [0.1, 0.15) is 12.6 Å². The molecule has 0 atom stereocenters. The highest BCUT2D eigenvalue weighted by Gasteiger charge is 2.02. The van der Waals surface area contributed by atoms with Crippen LogP contribution in [-0.2, 0) is 13.1 Å². The molecule has 0 unspecified atom stereocenters. The van der Waals surface area contributed by atoms with Crippen LogP contribution in [0.5, 0.6) is 0 Å². The molecule has 1 aromatic carbocycles. The van der Waals surface area contributed by atoms with Crippen molar-refractivity contribution in [3.63, 3.8) is 0 Å². The zero-order valence-electron chi connectivity index (χ0n) is 13.9. The predicted molar refractivity (Wildman–Crippen MR) is 99.0 cm³/mol. The largest absolute Gasteiger partial charge is 0.357 e. The van der Waals surface area contributed by atoms with Gasteiger partial charge in [0, 0.05) is 43.6 Å². The van der Waals surface area contributed by atoms with Gasteiger partial charge in [0.15, 0.2) is 5.96 Å². The van der Waals surface area contributed by atoms with Crippen LogP contribution >= 0.6 is 0 Å². The highest BCUT2D eigenvalue weighted by molar-refractivity contribution is 5.85. The van der Waals surface area contributed by atoms with Gasteiger partial charge in [-0.25, -0.2) is 4.99 Å². The molecule has 0 saturated heterocycles. The molecule has 124 valence electrons. The lowest BCUT2D eigenvalue weighted by Gasteiger charge is -2.12. The van der Waals surface area contributed by atoms with E-state index in [9.17, 15) is 0 Å². The number of aliphatic imine (C=N–C) groups is 1. The van der Waals surface area contributed by atoms with Gasteiger partial charge in [0.05, 0.1) is 12.2 Å². The van der Waals surface area contributed by atoms with Gasteiger partial charge >= 0.3 is 0 Å². The summed E-state index contributed by atoms with van der Waals surface area (Å²) in [5.41, 5.74) is 0.996. The second-order valence-corrected chi connectivity index (χ2v) is 5.52. The van der Waals surface area contributed by atoms with Gasteiger partial charge in [0.2, 0.25) is 0 Å². The highest BCUT2D eigenvalue weighted by Crippen LogP contribution is 2.16. The topological polar surface area (TPSA) is 54.2 Å². The maximum atomic E-state index is 4.68. The molecule has 0 bridgehead atoms. The van der Waals surface area contributed by atoms with Gasteiger partial charge in [-0.3, -0.25) is 4.98 Å². The molecule has 0 radical (unpaired) electrons. The molecule has 5 heteroatoms. The van der Waals surface area contributed by atoms with Crippen molar-refractivity contribution in [2.75, 3.05) is 13.1 Å². The first-order chi connectivity index (χ1) is 11.9. The molecule has 0 saturated carbocycles. The summed E-state index contributed by atoms with van der Waals surface area (Å²) in [5.74, 6) is 0.819. The lowest BCUT2D eigenvalue weighted by Crippen LogP contribution is -2.38. The minimum atomic E-state index is 0.556. The van der Waals surface area contributed by atoms with E-state index in [1.807, 2.05) is 36.5 Å². The van der Waals surface area contributed by atoms with E-state index in [1.165, 1.54) is 5.39 Å². The number of aromatic nitrogens is 2. The van der Waals surface area contributed by atoms with Crippen LogP contribution in [0.25, 0.3) is 10.8 Å². The first-order valence-electron chi connectivity index (χ1n) is 8.32. The summed E-state index contributed by atoms with van der Waals surface area (Å²) in [4.78, 5) is 9.17. The van der Waals surface area contributed by atoms with Crippen LogP contribution in [0.4, 0.5) is 0 Å². The monoisotopic (exact) mass is 321 g/mol. The molecule has 0 fully saturated rings. The Bertz CT molecular complexity index is 787. The zero-order valence-corrected chi connectivity index (χ0v) is 13.9. The fourth-order valence-electron chi connectivity index (χ4n) is 2.63. The van der Waals surface area contributed by atoms with Gasteiger partial charge in [0.1, 0.15) is 0 Å². The van der Waals surface area contributed by atoms with Gasteiger partial charge in [0.25, 0.3) is 0 Å². The van der Waals surface area contributed by atoms with Crippen LogP contribution < -0.4 is 10.6 Å². The molecule has 0 spiro atoms. The molecular weight excluding hydrogens is 298 g/mol. The number of hydrogen-bond donors (Lipinski definition) is 2. The Hall–Kier alpha value is -2.82. The van der Waals surface area contributed by atoms with Crippen molar-refractivity contribution in [2.24, 2.45) is 4.99 Å². The molecule has 3 aromatic rings. The first-order valence-corrected chi connectivity index (χ1v) is 8.32. The van der Waals surface area contributed by atoms with Crippen LogP contribution in [-0.4, -0.2) is 28.6 Å². The van der Waals surface area contributed by atoms with Crippen molar-refractivity contribution in [3.05, 3.63) is 66.7 Å². The van der Waals surface area contributed by atoms with Gasteiger partial charge < -0.3 is 15.2 Å². The summed E-state index contributed by atoms with van der Waals surface area (Å²) < 4.78 is 2.14. The minimum absolute atomic E-state index is 0.556. The molecular formula is C19H23N5. The Labute approximate surface area is 142 Å². The Balaban J connectivity index is 1.66. The second kappa shape index (κ2) is 8.15. The second-order valence-electron chi connectivity index (χ2n) is 5.52. The third-order valence-corrected chi connectivity index (χ3v) is 3.82. The van der Waals surface area contributed by atoms with Crippen molar-refractivity contribution >= 4 is 16.7 Å². The fourth-order valence-corrected chi connectivity index (χ4v) is 2.63. The Kier molecular flexibility index (Phi) is 5.45. The van der Waals surface area contributed by atoms with Gasteiger partial charge in [-0.05, 0) is 30.5 Å². The molecule has 0 aliphatic carbocycles. The Morgan fingerprint density at radius 2 is 1.92 bits per heavy atom. The average Bonchev–Trinajstić information content (AvgIpc) is 3.13. The summed E-state index contributed by atoms with van der Waals surface area (Å²) in [6.45, 7) is 5.19. The Morgan fingerprint density at radius 1 is 1.08 bits per heavy atom. The average molecular weight is 321 g/mol. The third-order valence-electron chi connectivity index (χ3n) is 3.82. The van der Waals surface area contributed by atoms with E-state index in [2.05, 4.69) is 56.6 Å². The molecule has 2 N–H and O–H groups in total. The van der Waals surface area contributed by atoms with E-state index in [4.69, 9.17) is 0 Å². The van der Waals surface area contributed by atoms with Crippen LogP contribution in [0, 0.1) is 0 Å². The van der Waals surface area contributed by atoms with E-state index in [-0.39, 0.29) is 0 Å². The standard InChI is InChI=1S/C19H23N5/c1-2-20-19(22-11-14-24-12-5-6-13-24)23-15-18-17-8-4-3-7-16(17)9-10-21-18/h3-10,12-13H,2,11,14-15H2,1H3,(H2,20,22,23). The fraction of sp³-hybridized carbons (Fsp3) is 0.263. The molecule has 2 heterocycles. The van der Waals surface area contributed by atoms with Gasteiger partial charge in [-0.1, -0.05) is 24.3 Å². The van der Waals surface area contributed by atoms with E-state index in [0.29, 0.717) is 6.54 Å². The lowest BCUT2D eigenvalue weighted by molar-refractivity contribution is 0.665. The third kappa shape index (κ3) is 4.13. The molecule has 0 aliphatic rings. The zero-order chi connectivity index (χ0) is 16.6. The van der Waals surface area contributed by atoms with Crippen LogP contribution in [0.2, 0.25) is 0 Å². The van der Waals surface area contributed by atoms with E-state index >= 15 is 0 Å². The summed E-state index contributed by atoms with van der Waals surface area (Å²) in [5, 5.41) is 9.01. The van der Waals surface area contributed by atoms with Crippen LogP contribution in [0.15, 0.2) is 66.0 Å². The quantitative estimate of drug-likeness (QED) is 0.542. The van der Waals surface area contributed by atoms with Gasteiger partial charge in [-0.2, -0.15) is 0 Å². The summed E-state index contributed by atoms with van der Waals surface area (Å²) in [6, 6.07) is 14.4. The number of hydrogen-bond acceptors (Lipinski definition) is 2. The van der Waals surface area contributed by atoms with E-state index < -0.39 is 0 Å². The highest BCUT2D eigenvalue weighted by atomic mass is 15.2. The lowest BCUT2D eigenvalue weighted by atomic mass is 10.1. The summed E-state index contributed by atoms with van der Waals surface area (Å²) >= 11 is 0. The van der Waals surface area contributed by atoms with Crippen molar-refractivity contribution in [3.8, 4) is 0 Å². The number of benzene rings is 1. The van der Waals surface area contributed by atoms with E-state index in [0.717, 1.165) is 36.7 Å².